The second kappa shape index (κ2) is 26.0. The van der Waals surface area contributed by atoms with Gasteiger partial charge in [-0.3, -0.25) is 9.13 Å². The summed E-state index contributed by atoms with van der Waals surface area (Å²) in [5.74, 6) is 3.43. The molecule has 24 rings (SSSR count). The van der Waals surface area contributed by atoms with E-state index in [1.807, 2.05) is 84.9 Å². The van der Waals surface area contributed by atoms with E-state index in [4.69, 9.17) is 38.7 Å². The van der Waals surface area contributed by atoms with E-state index in [2.05, 4.69) is 309 Å². The first-order valence-corrected chi connectivity index (χ1v) is 38.2. The third-order valence-corrected chi connectivity index (χ3v) is 22.4. The van der Waals surface area contributed by atoms with Crippen molar-refractivity contribution < 1.29 is 8.83 Å². The van der Waals surface area contributed by atoms with Gasteiger partial charge in [0.25, 0.3) is 0 Å². The molecule has 12 nitrogen and oxygen atoms in total. The number of nitrogens with zero attached hydrogens (tertiary/aromatic N) is 10. The van der Waals surface area contributed by atoms with E-state index in [1.54, 1.807) is 0 Å². The van der Waals surface area contributed by atoms with Crippen molar-refractivity contribution in [2.75, 3.05) is 0 Å². The van der Waals surface area contributed by atoms with Gasteiger partial charge in [0, 0.05) is 98.3 Å². The minimum absolute atomic E-state index is 0.546. The van der Waals surface area contributed by atoms with E-state index in [0.29, 0.717) is 35.2 Å². The fourth-order valence-corrected chi connectivity index (χ4v) is 17.2. The number of hydrogen-bond donors (Lipinski definition) is 0. The lowest BCUT2D eigenvalue weighted by Gasteiger charge is -2.11. The lowest BCUT2D eigenvalue weighted by molar-refractivity contribution is 0.668. The number of aromatic nitrogens is 10. The average molecular weight is 1460 g/mol. The lowest BCUT2D eigenvalue weighted by atomic mass is 10.0. The van der Waals surface area contributed by atoms with Crippen LogP contribution in [0, 0.1) is 0 Å². The standard InChI is InChI=1S/2C51H31N5O/c1-3-13-32(14-4-1)33-23-26-36(27-24-33)55-41-20-10-7-18-39(41)47-43(55)29-30-44-48(47)40-19-8-11-21-42(40)56(44)51-53-49(34-15-5-2-6-16-34)52-50(54-51)35-25-28-38-37-17-9-12-22-45(37)57-46(38)31-35;1-3-13-32(14-4-1)33-23-25-34(26-24-33)49-52-50(35-27-28-38-37-17-9-12-22-45(37)57-46(38)31-35)54-51(53-49)56-42-21-11-8-19-40(42)48-44(56)30-29-43-47(48)39-18-7-10-20-41(39)55(43)36-15-5-2-6-16-36/h2*1-31H. The molecule has 12 heteroatoms. The van der Waals surface area contributed by atoms with Crippen LogP contribution in [0.25, 0.3) is 222 Å². The summed E-state index contributed by atoms with van der Waals surface area (Å²) < 4.78 is 21.8. The first kappa shape index (κ1) is 64.3. The smallest absolute Gasteiger partial charge is 0.238 e. The first-order valence-electron chi connectivity index (χ1n) is 38.2. The summed E-state index contributed by atoms with van der Waals surface area (Å²) >= 11 is 0. The molecule has 8 aromatic heterocycles. The highest BCUT2D eigenvalue weighted by Gasteiger charge is 2.27. The van der Waals surface area contributed by atoms with Gasteiger partial charge in [-0.15, -0.1) is 0 Å². The van der Waals surface area contributed by atoms with E-state index in [0.717, 1.165) is 154 Å². The molecule has 0 spiro atoms. The first-order chi connectivity index (χ1) is 56.5. The van der Waals surface area contributed by atoms with Gasteiger partial charge < -0.3 is 18.0 Å². The zero-order valence-electron chi connectivity index (χ0n) is 61.1. The molecule has 0 saturated heterocycles. The summed E-state index contributed by atoms with van der Waals surface area (Å²) in [6, 6.07) is 131. The number of para-hydroxylation sites is 7. The molecule has 0 fully saturated rings. The van der Waals surface area contributed by atoms with Crippen molar-refractivity contribution >= 4 is 131 Å². The van der Waals surface area contributed by atoms with Gasteiger partial charge in [0.05, 0.1) is 44.1 Å². The van der Waals surface area contributed by atoms with E-state index in [1.165, 1.54) is 32.7 Å². The number of benzene rings is 16. The van der Waals surface area contributed by atoms with Crippen molar-refractivity contribution in [2.45, 2.75) is 0 Å². The largest absolute Gasteiger partial charge is 0.456 e. The van der Waals surface area contributed by atoms with Crippen LogP contribution in [-0.4, -0.2) is 48.2 Å². The molecule has 0 aliphatic rings. The number of fused-ring (bicyclic) bond motifs is 20. The van der Waals surface area contributed by atoms with Gasteiger partial charge in [-0.05, 0) is 131 Å². The van der Waals surface area contributed by atoms with Crippen molar-refractivity contribution in [3.05, 3.63) is 376 Å². The molecule has 16 aromatic carbocycles. The molecule has 0 N–H and O–H groups in total. The summed E-state index contributed by atoms with van der Waals surface area (Å²) in [5, 5.41) is 13.6. The van der Waals surface area contributed by atoms with Crippen LogP contribution in [0.1, 0.15) is 0 Å². The highest BCUT2D eigenvalue weighted by atomic mass is 16.3. The molecule has 114 heavy (non-hydrogen) atoms. The van der Waals surface area contributed by atoms with Crippen molar-refractivity contribution in [3.8, 4) is 91.1 Å². The minimum Gasteiger partial charge on any atom is -0.456 e. The molecule has 0 aliphatic heterocycles. The lowest BCUT2D eigenvalue weighted by Crippen LogP contribution is -2.06. The predicted molar refractivity (Wildman–Crippen MR) is 464 cm³/mol. The maximum atomic E-state index is 6.33. The van der Waals surface area contributed by atoms with Crippen molar-refractivity contribution in [2.24, 2.45) is 0 Å². The number of rotatable bonds is 10. The molecule has 24 aromatic rings. The molecule has 0 radical (unpaired) electrons. The van der Waals surface area contributed by atoms with E-state index in [-0.39, 0.29) is 0 Å². The molecule has 0 bridgehead atoms. The maximum absolute atomic E-state index is 6.33. The SMILES string of the molecule is c1ccc(-c2ccc(-c3nc(-c4ccc5c(c4)oc4ccccc45)nc(-n4c5ccccc5c5c6c7ccccc7n(-c7ccccc7)c6ccc54)n3)cc2)cc1.c1ccc(-c2ccc(-n3c4ccccc4c4c5c6ccccc6n(-c6nc(-c7ccccc7)nc(-c7ccc8c(c7)oc7ccccc78)n6)c5ccc43)cc2)cc1. The summed E-state index contributed by atoms with van der Waals surface area (Å²) in [5.41, 5.74) is 22.4. The predicted octanol–water partition coefficient (Wildman–Crippen LogP) is 25.9. The van der Waals surface area contributed by atoms with E-state index >= 15 is 0 Å². The Balaban J connectivity index is 0.000000135. The topological polar surface area (TPSA) is 123 Å². The fourth-order valence-electron chi connectivity index (χ4n) is 17.2. The van der Waals surface area contributed by atoms with E-state index in [9.17, 15) is 0 Å². The summed E-state index contributed by atoms with van der Waals surface area (Å²) in [6.07, 6.45) is 0. The highest BCUT2D eigenvalue weighted by Crippen LogP contribution is 2.46. The Kier molecular flexibility index (Phi) is 14.7. The average Bonchev–Trinajstić information content (AvgIpc) is 1.55. The third kappa shape index (κ3) is 10.4. The van der Waals surface area contributed by atoms with Crippen LogP contribution in [-0.2, 0) is 0 Å². The van der Waals surface area contributed by atoms with Crippen LogP contribution in [0.15, 0.2) is 385 Å². The molecule has 0 aliphatic carbocycles. The second-order valence-electron chi connectivity index (χ2n) is 28.9. The van der Waals surface area contributed by atoms with E-state index < -0.39 is 0 Å². The van der Waals surface area contributed by atoms with Crippen molar-refractivity contribution in [1.82, 2.24) is 48.2 Å². The Hall–Kier alpha value is -15.7. The Labute approximate surface area is 651 Å². The highest BCUT2D eigenvalue weighted by molar-refractivity contribution is 6.30. The maximum Gasteiger partial charge on any atom is 0.238 e. The van der Waals surface area contributed by atoms with Gasteiger partial charge in [0.1, 0.15) is 22.3 Å². The van der Waals surface area contributed by atoms with Crippen LogP contribution in [0.5, 0.6) is 0 Å². The van der Waals surface area contributed by atoms with Crippen LogP contribution in [0.3, 0.4) is 0 Å². The Morgan fingerprint density at radius 1 is 0.167 bits per heavy atom. The summed E-state index contributed by atoms with van der Waals surface area (Å²) in [4.78, 5) is 31.3. The zero-order valence-corrected chi connectivity index (χ0v) is 61.1. The molecular formula is C102H62N10O2. The van der Waals surface area contributed by atoms with Gasteiger partial charge in [-0.1, -0.05) is 267 Å². The van der Waals surface area contributed by atoms with Crippen molar-refractivity contribution in [3.63, 3.8) is 0 Å². The van der Waals surface area contributed by atoms with Crippen LogP contribution >= 0.6 is 0 Å². The van der Waals surface area contributed by atoms with Crippen LogP contribution in [0.4, 0.5) is 0 Å². The zero-order chi connectivity index (χ0) is 74.9. The normalized spacial score (nSPS) is 11.9. The summed E-state index contributed by atoms with van der Waals surface area (Å²) in [7, 11) is 0. The number of furan rings is 2. The van der Waals surface area contributed by atoms with Crippen molar-refractivity contribution in [1.29, 1.82) is 0 Å². The second-order valence-corrected chi connectivity index (χ2v) is 28.9. The van der Waals surface area contributed by atoms with Crippen LogP contribution in [0.2, 0.25) is 0 Å². The monoisotopic (exact) mass is 1460 g/mol. The van der Waals surface area contributed by atoms with Gasteiger partial charge in [0.15, 0.2) is 23.3 Å². The molecule has 532 valence electrons. The van der Waals surface area contributed by atoms with Gasteiger partial charge in [-0.25, -0.2) is 9.97 Å². The molecule has 0 saturated carbocycles. The quantitative estimate of drug-likeness (QED) is 0.133. The summed E-state index contributed by atoms with van der Waals surface area (Å²) in [6.45, 7) is 0. The van der Waals surface area contributed by atoms with Gasteiger partial charge in [-0.2, -0.15) is 19.9 Å². The van der Waals surface area contributed by atoms with Gasteiger partial charge >= 0.3 is 0 Å². The Morgan fingerprint density at radius 3 is 0.833 bits per heavy atom. The molecule has 0 unspecified atom stereocenters. The molecule has 0 amide bonds. The Morgan fingerprint density at radius 2 is 0.430 bits per heavy atom. The molecule has 8 heterocycles. The Bertz CT molecular complexity index is 7960. The number of hydrogen-bond acceptors (Lipinski definition) is 8. The third-order valence-electron chi connectivity index (χ3n) is 22.4. The molecule has 0 atom stereocenters. The fraction of sp³-hybridized carbons (Fsp3) is 0. The molecular weight excluding hydrogens is 1400 g/mol. The minimum atomic E-state index is 0.546. The van der Waals surface area contributed by atoms with Crippen LogP contribution < -0.4 is 0 Å². The van der Waals surface area contributed by atoms with Gasteiger partial charge in [0.2, 0.25) is 11.9 Å².